The van der Waals surface area contributed by atoms with Crippen molar-refractivity contribution in [1.82, 2.24) is 15.0 Å². The number of anilines is 3. The standard InChI is InChI=1S/C15H19N5/c1-5-10-20(4)15-17-12(3)16-14(19-15)18-13-8-6-11(2)7-9-13/h5-9H,1,10H2,2-4H3,(H,16,17,18,19). The third kappa shape index (κ3) is 3.54. The van der Waals surface area contributed by atoms with E-state index in [4.69, 9.17) is 0 Å². The number of hydrogen-bond donors (Lipinski definition) is 1. The van der Waals surface area contributed by atoms with Gasteiger partial charge in [-0.25, -0.2) is 0 Å². The zero-order chi connectivity index (χ0) is 14.5. The van der Waals surface area contributed by atoms with E-state index in [9.17, 15) is 0 Å². The van der Waals surface area contributed by atoms with Gasteiger partial charge in [0.15, 0.2) is 0 Å². The zero-order valence-electron chi connectivity index (χ0n) is 12.1. The van der Waals surface area contributed by atoms with Gasteiger partial charge in [0.2, 0.25) is 11.9 Å². The van der Waals surface area contributed by atoms with Crippen molar-refractivity contribution in [2.75, 3.05) is 23.8 Å². The van der Waals surface area contributed by atoms with E-state index in [0.717, 1.165) is 5.69 Å². The van der Waals surface area contributed by atoms with Crippen LogP contribution in [-0.2, 0) is 0 Å². The van der Waals surface area contributed by atoms with Crippen LogP contribution in [0.2, 0.25) is 0 Å². The first-order chi connectivity index (χ1) is 9.58. The van der Waals surface area contributed by atoms with Crippen LogP contribution in [0.4, 0.5) is 17.6 Å². The van der Waals surface area contributed by atoms with Crippen LogP contribution in [0.5, 0.6) is 0 Å². The number of nitrogens with one attached hydrogen (secondary N) is 1. The maximum atomic E-state index is 4.41. The quantitative estimate of drug-likeness (QED) is 0.846. The van der Waals surface area contributed by atoms with Crippen LogP contribution >= 0.6 is 0 Å². The summed E-state index contributed by atoms with van der Waals surface area (Å²) < 4.78 is 0. The highest BCUT2D eigenvalue weighted by molar-refractivity contribution is 5.54. The summed E-state index contributed by atoms with van der Waals surface area (Å²) in [6, 6.07) is 8.09. The lowest BCUT2D eigenvalue weighted by Gasteiger charge is -2.16. The molecule has 0 aliphatic rings. The first kappa shape index (κ1) is 14.0. The van der Waals surface area contributed by atoms with E-state index in [0.29, 0.717) is 24.3 Å². The summed E-state index contributed by atoms with van der Waals surface area (Å²) in [4.78, 5) is 15.0. The molecule has 0 aliphatic heterocycles. The van der Waals surface area contributed by atoms with Crippen LogP contribution in [0.15, 0.2) is 36.9 Å². The Morgan fingerprint density at radius 2 is 1.85 bits per heavy atom. The SMILES string of the molecule is C=CCN(C)c1nc(C)nc(Nc2ccc(C)cc2)n1. The van der Waals surface area contributed by atoms with Gasteiger partial charge in [0, 0.05) is 19.3 Å². The molecule has 1 aromatic heterocycles. The Balaban J connectivity index is 2.23. The van der Waals surface area contributed by atoms with Crippen molar-refractivity contribution in [3.05, 3.63) is 48.3 Å². The van der Waals surface area contributed by atoms with Crippen molar-refractivity contribution >= 4 is 17.6 Å². The van der Waals surface area contributed by atoms with Crippen molar-refractivity contribution in [2.24, 2.45) is 0 Å². The first-order valence-corrected chi connectivity index (χ1v) is 6.47. The van der Waals surface area contributed by atoms with Crippen molar-refractivity contribution in [3.63, 3.8) is 0 Å². The van der Waals surface area contributed by atoms with E-state index in [1.54, 1.807) is 0 Å². The van der Waals surface area contributed by atoms with Crippen molar-refractivity contribution < 1.29 is 0 Å². The number of benzene rings is 1. The molecule has 104 valence electrons. The van der Waals surface area contributed by atoms with E-state index in [1.807, 2.05) is 49.2 Å². The number of aromatic nitrogens is 3. The van der Waals surface area contributed by atoms with Gasteiger partial charge in [-0.3, -0.25) is 0 Å². The fraction of sp³-hybridized carbons (Fsp3) is 0.267. The Morgan fingerprint density at radius 1 is 1.15 bits per heavy atom. The second kappa shape index (κ2) is 6.14. The summed E-state index contributed by atoms with van der Waals surface area (Å²) in [5.74, 6) is 1.86. The number of aryl methyl sites for hydroxylation is 2. The fourth-order valence-electron chi connectivity index (χ4n) is 1.74. The number of likely N-dealkylation sites (N-methyl/N-ethyl adjacent to an activating group) is 1. The number of nitrogens with zero attached hydrogens (tertiary/aromatic N) is 4. The van der Waals surface area contributed by atoms with Gasteiger partial charge in [-0.15, -0.1) is 6.58 Å². The minimum Gasteiger partial charge on any atom is -0.340 e. The molecule has 5 nitrogen and oxygen atoms in total. The van der Waals surface area contributed by atoms with E-state index in [-0.39, 0.29) is 0 Å². The highest BCUT2D eigenvalue weighted by atomic mass is 15.3. The molecular formula is C15H19N5. The van der Waals surface area contributed by atoms with Crippen LogP contribution in [0.3, 0.4) is 0 Å². The second-order valence-corrected chi connectivity index (χ2v) is 4.67. The van der Waals surface area contributed by atoms with Crippen LogP contribution in [0, 0.1) is 13.8 Å². The Kier molecular flexibility index (Phi) is 4.30. The third-order valence-electron chi connectivity index (χ3n) is 2.79. The third-order valence-corrected chi connectivity index (χ3v) is 2.79. The number of hydrogen-bond acceptors (Lipinski definition) is 5. The lowest BCUT2D eigenvalue weighted by Crippen LogP contribution is -2.20. The van der Waals surface area contributed by atoms with E-state index in [2.05, 4.69) is 33.8 Å². The van der Waals surface area contributed by atoms with Gasteiger partial charge >= 0.3 is 0 Å². The molecule has 0 radical (unpaired) electrons. The molecule has 20 heavy (non-hydrogen) atoms. The van der Waals surface area contributed by atoms with Gasteiger partial charge in [-0.2, -0.15) is 15.0 Å². The summed E-state index contributed by atoms with van der Waals surface area (Å²) in [5.41, 5.74) is 2.17. The molecule has 0 atom stereocenters. The minimum absolute atomic E-state index is 0.548. The molecule has 0 saturated carbocycles. The molecule has 0 amide bonds. The lowest BCUT2D eigenvalue weighted by atomic mass is 10.2. The monoisotopic (exact) mass is 269 g/mol. The summed E-state index contributed by atoms with van der Waals surface area (Å²) in [5, 5.41) is 3.19. The molecule has 0 spiro atoms. The second-order valence-electron chi connectivity index (χ2n) is 4.67. The minimum atomic E-state index is 0.548. The van der Waals surface area contributed by atoms with E-state index >= 15 is 0 Å². The lowest BCUT2D eigenvalue weighted by molar-refractivity contribution is 0.893. The fourth-order valence-corrected chi connectivity index (χ4v) is 1.74. The molecule has 0 bridgehead atoms. The van der Waals surface area contributed by atoms with Crippen LogP contribution in [0.1, 0.15) is 11.4 Å². The van der Waals surface area contributed by atoms with Gasteiger partial charge in [-0.1, -0.05) is 23.8 Å². The van der Waals surface area contributed by atoms with E-state index in [1.165, 1.54) is 5.56 Å². The van der Waals surface area contributed by atoms with Crippen molar-refractivity contribution in [2.45, 2.75) is 13.8 Å². The molecule has 0 fully saturated rings. The maximum absolute atomic E-state index is 4.41. The van der Waals surface area contributed by atoms with E-state index < -0.39 is 0 Å². The van der Waals surface area contributed by atoms with Crippen LogP contribution < -0.4 is 10.2 Å². The predicted octanol–water partition coefficient (Wildman–Crippen LogP) is 2.85. The molecule has 0 saturated heterocycles. The Hall–Kier alpha value is -2.43. The molecule has 5 heteroatoms. The molecule has 1 N–H and O–H groups in total. The molecule has 0 aliphatic carbocycles. The Morgan fingerprint density at radius 3 is 2.50 bits per heavy atom. The molecule has 1 heterocycles. The average Bonchev–Trinajstić information content (AvgIpc) is 2.41. The van der Waals surface area contributed by atoms with Crippen molar-refractivity contribution in [3.8, 4) is 0 Å². The smallest absolute Gasteiger partial charge is 0.232 e. The Bertz CT molecular complexity index is 592. The highest BCUT2D eigenvalue weighted by Gasteiger charge is 2.07. The first-order valence-electron chi connectivity index (χ1n) is 6.47. The maximum Gasteiger partial charge on any atom is 0.232 e. The molecule has 1 aromatic carbocycles. The molecule has 2 rings (SSSR count). The number of rotatable bonds is 5. The topological polar surface area (TPSA) is 53.9 Å². The van der Waals surface area contributed by atoms with Gasteiger partial charge in [0.05, 0.1) is 0 Å². The van der Waals surface area contributed by atoms with Crippen LogP contribution in [-0.4, -0.2) is 28.5 Å². The molecule has 0 unspecified atom stereocenters. The normalized spacial score (nSPS) is 10.2. The molecule has 2 aromatic rings. The van der Waals surface area contributed by atoms with Gasteiger partial charge in [0.1, 0.15) is 5.82 Å². The van der Waals surface area contributed by atoms with Gasteiger partial charge in [-0.05, 0) is 26.0 Å². The Labute approximate surface area is 119 Å². The summed E-state index contributed by atoms with van der Waals surface area (Å²) in [6.07, 6.45) is 1.81. The zero-order valence-corrected chi connectivity index (χ0v) is 12.1. The van der Waals surface area contributed by atoms with Gasteiger partial charge < -0.3 is 10.2 Å². The van der Waals surface area contributed by atoms with Crippen LogP contribution in [0.25, 0.3) is 0 Å². The average molecular weight is 269 g/mol. The predicted molar refractivity (Wildman–Crippen MR) is 82.5 cm³/mol. The largest absolute Gasteiger partial charge is 0.340 e. The summed E-state index contributed by atoms with van der Waals surface area (Å²) >= 11 is 0. The summed E-state index contributed by atoms with van der Waals surface area (Å²) in [7, 11) is 1.92. The highest BCUT2D eigenvalue weighted by Crippen LogP contribution is 2.15. The summed E-state index contributed by atoms with van der Waals surface area (Å²) in [6.45, 7) is 8.32. The van der Waals surface area contributed by atoms with Gasteiger partial charge in [0.25, 0.3) is 0 Å². The molecular weight excluding hydrogens is 250 g/mol. The van der Waals surface area contributed by atoms with Crippen molar-refractivity contribution in [1.29, 1.82) is 0 Å².